The van der Waals surface area contributed by atoms with E-state index in [4.69, 9.17) is 9.47 Å². The second-order valence-electron chi connectivity index (χ2n) is 6.48. The lowest BCUT2D eigenvalue weighted by molar-refractivity contribution is -0.169. The topological polar surface area (TPSA) is 76.1 Å². The number of likely N-dealkylation sites (tertiary alicyclic amines) is 1. The average Bonchev–Trinajstić information content (AvgIpc) is 3.14. The highest BCUT2D eigenvalue weighted by Crippen LogP contribution is 2.37. The zero-order chi connectivity index (χ0) is 18.6. The third kappa shape index (κ3) is 3.24. The number of nitrogens with zero attached hydrogens (tertiary/aromatic N) is 1. The third-order valence-corrected chi connectivity index (χ3v) is 4.95. The second-order valence-corrected chi connectivity index (χ2v) is 6.48. The number of amides is 1. The highest BCUT2D eigenvalue weighted by molar-refractivity contribution is 5.91. The van der Waals surface area contributed by atoms with Crippen LogP contribution < -0.4 is 0 Å². The van der Waals surface area contributed by atoms with Crippen molar-refractivity contribution in [3.8, 4) is 0 Å². The fourth-order valence-corrected chi connectivity index (χ4v) is 3.71. The first-order chi connectivity index (χ1) is 12.6. The number of aliphatic hydroxyl groups excluding tert-OH is 1. The molecular formula is C20H23NO5. The maximum Gasteiger partial charge on any atom is 0.336 e. The summed E-state index contributed by atoms with van der Waals surface area (Å²) in [4.78, 5) is 27.1. The van der Waals surface area contributed by atoms with Crippen molar-refractivity contribution in [2.75, 3.05) is 13.7 Å². The molecule has 3 rings (SSSR count). The molecule has 0 saturated carbocycles. The monoisotopic (exact) mass is 357 g/mol. The standard InChI is InChI=1S/C20H23NO5/c1-25-19(24)20(17-10-5-6-13-26-17)11-7-12-21(20)18(23)16(22)14-15-8-3-2-4-9-15/h2-6,8-10,13,16-17,22H,7,11-12,14H2,1H3/t16-,17?,20-/m1/s1. The van der Waals surface area contributed by atoms with E-state index in [9.17, 15) is 14.7 Å². The van der Waals surface area contributed by atoms with Gasteiger partial charge in [0.1, 0.15) is 6.10 Å². The summed E-state index contributed by atoms with van der Waals surface area (Å²) < 4.78 is 10.6. The molecule has 0 aromatic heterocycles. The van der Waals surface area contributed by atoms with Gasteiger partial charge in [-0.1, -0.05) is 36.4 Å². The Morgan fingerprint density at radius 3 is 2.77 bits per heavy atom. The number of carbonyl (C=O) groups excluding carboxylic acids is 2. The van der Waals surface area contributed by atoms with Gasteiger partial charge >= 0.3 is 5.97 Å². The number of carbonyl (C=O) groups is 2. The minimum Gasteiger partial charge on any atom is -0.491 e. The Labute approximate surface area is 152 Å². The van der Waals surface area contributed by atoms with Crippen LogP contribution in [0.4, 0.5) is 0 Å². The van der Waals surface area contributed by atoms with Crippen LogP contribution in [0.5, 0.6) is 0 Å². The van der Waals surface area contributed by atoms with Crippen molar-refractivity contribution < 1.29 is 24.2 Å². The van der Waals surface area contributed by atoms with Gasteiger partial charge in [-0.2, -0.15) is 0 Å². The Morgan fingerprint density at radius 1 is 1.35 bits per heavy atom. The van der Waals surface area contributed by atoms with Crippen molar-refractivity contribution in [1.29, 1.82) is 0 Å². The summed E-state index contributed by atoms with van der Waals surface area (Å²) in [6.07, 6.45) is 6.10. The number of methoxy groups -OCH3 is 1. The number of aliphatic hydroxyl groups is 1. The lowest BCUT2D eigenvalue weighted by Gasteiger charge is -2.41. The van der Waals surface area contributed by atoms with Crippen LogP contribution >= 0.6 is 0 Å². The van der Waals surface area contributed by atoms with Crippen molar-refractivity contribution >= 4 is 11.9 Å². The predicted molar refractivity (Wildman–Crippen MR) is 95.0 cm³/mol. The number of hydrogen-bond donors (Lipinski definition) is 1. The Morgan fingerprint density at radius 2 is 2.12 bits per heavy atom. The van der Waals surface area contributed by atoms with Crippen LogP contribution in [0, 0.1) is 0 Å². The zero-order valence-electron chi connectivity index (χ0n) is 14.7. The molecule has 1 unspecified atom stereocenters. The SMILES string of the molecule is COC(=O)[C@]1(C2C=CC=CO2)CCCN1C(=O)[C@H](O)Cc1ccccc1. The predicted octanol–water partition coefficient (Wildman–Crippen LogP) is 1.59. The molecule has 0 spiro atoms. The molecule has 1 amide bonds. The quantitative estimate of drug-likeness (QED) is 0.810. The van der Waals surface area contributed by atoms with E-state index in [0.717, 1.165) is 5.56 Å². The van der Waals surface area contributed by atoms with Crippen molar-refractivity contribution in [2.24, 2.45) is 0 Å². The van der Waals surface area contributed by atoms with Crippen LogP contribution in [-0.2, 0) is 25.5 Å². The van der Waals surface area contributed by atoms with Gasteiger partial charge in [-0.25, -0.2) is 4.79 Å². The largest absolute Gasteiger partial charge is 0.491 e. The highest BCUT2D eigenvalue weighted by Gasteiger charge is 2.57. The van der Waals surface area contributed by atoms with Gasteiger partial charge in [0, 0.05) is 13.0 Å². The van der Waals surface area contributed by atoms with Crippen molar-refractivity contribution in [2.45, 2.75) is 37.0 Å². The van der Waals surface area contributed by atoms with Crippen LogP contribution in [-0.4, -0.2) is 53.3 Å². The Hall–Kier alpha value is -2.60. The first-order valence-electron chi connectivity index (χ1n) is 8.70. The maximum atomic E-state index is 13.0. The molecule has 2 heterocycles. The van der Waals surface area contributed by atoms with Gasteiger partial charge in [0.05, 0.1) is 13.4 Å². The Balaban J connectivity index is 1.85. The summed E-state index contributed by atoms with van der Waals surface area (Å²) >= 11 is 0. The van der Waals surface area contributed by atoms with E-state index in [2.05, 4.69) is 0 Å². The Kier molecular flexibility index (Phi) is 5.42. The third-order valence-electron chi connectivity index (χ3n) is 4.95. The molecular weight excluding hydrogens is 334 g/mol. The van der Waals surface area contributed by atoms with Gasteiger partial charge in [-0.05, 0) is 30.6 Å². The molecule has 1 fully saturated rings. The summed E-state index contributed by atoms with van der Waals surface area (Å²) in [5.41, 5.74) is -0.405. The van der Waals surface area contributed by atoms with E-state index in [-0.39, 0.29) is 6.42 Å². The van der Waals surface area contributed by atoms with Crippen LogP contribution in [0.2, 0.25) is 0 Å². The molecule has 6 nitrogen and oxygen atoms in total. The van der Waals surface area contributed by atoms with Crippen molar-refractivity contribution in [3.63, 3.8) is 0 Å². The molecule has 1 aromatic carbocycles. The lowest BCUT2D eigenvalue weighted by atomic mass is 9.87. The van der Waals surface area contributed by atoms with Gasteiger partial charge in [-0.3, -0.25) is 4.79 Å². The zero-order valence-corrected chi connectivity index (χ0v) is 14.7. The van der Waals surface area contributed by atoms with E-state index in [1.165, 1.54) is 18.3 Å². The molecule has 0 radical (unpaired) electrons. The summed E-state index contributed by atoms with van der Waals surface area (Å²) in [6, 6.07) is 9.29. The van der Waals surface area contributed by atoms with Gasteiger partial charge in [0.15, 0.2) is 11.6 Å². The van der Waals surface area contributed by atoms with Crippen LogP contribution in [0.25, 0.3) is 0 Å². The minimum absolute atomic E-state index is 0.189. The fourth-order valence-electron chi connectivity index (χ4n) is 3.71. The van der Waals surface area contributed by atoms with Gasteiger partial charge in [-0.15, -0.1) is 0 Å². The number of allylic oxidation sites excluding steroid dienone is 2. The number of hydrogen-bond acceptors (Lipinski definition) is 5. The normalized spacial score (nSPS) is 25.6. The minimum atomic E-state index is -1.26. The van der Waals surface area contributed by atoms with Gasteiger partial charge in [0.25, 0.3) is 5.91 Å². The maximum absolute atomic E-state index is 13.0. The summed E-state index contributed by atoms with van der Waals surface area (Å²) in [6.45, 7) is 0.372. The molecule has 2 aliphatic rings. The average molecular weight is 357 g/mol. The molecule has 2 aliphatic heterocycles. The van der Waals surface area contributed by atoms with E-state index in [1.54, 1.807) is 18.2 Å². The summed E-state index contributed by atoms with van der Waals surface area (Å²) in [5.74, 6) is -1.01. The van der Waals surface area contributed by atoms with Gasteiger partial charge in [0.2, 0.25) is 0 Å². The van der Waals surface area contributed by atoms with E-state index >= 15 is 0 Å². The number of esters is 1. The molecule has 3 atom stereocenters. The summed E-state index contributed by atoms with van der Waals surface area (Å²) in [5, 5.41) is 10.5. The fraction of sp³-hybridized carbons (Fsp3) is 0.400. The van der Waals surface area contributed by atoms with Gasteiger partial charge < -0.3 is 19.5 Å². The molecule has 6 heteroatoms. The first kappa shape index (κ1) is 18.2. The summed E-state index contributed by atoms with van der Waals surface area (Å²) in [7, 11) is 1.30. The number of rotatable bonds is 5. The molecule has 0 bridgehead atoms. The Bertz CT molecular complexity index is 714. The van der Waals surface area contributed by atoms with Crippen LogP contribution in [0.1, 0.15) is 18.4 Å². The second kappa shape index (κ2) is 7.74. The molecule has 1 N–H and O–H groups in total. The lowest BCUT2D eigenvalue weighted by Crippen LogP contribution is -2.62. The molecule has 0 aliphatic carbocycles. The van der Waals surface area contributed by atoms with Crippen LogP contribution in [0.3, 0.4) is 0 Å². The van der Waals surface area contributed by atoms with Crippen LogP contribution in [0.15, 0.2) is 54.8 Å². The van der Waals surface area contributed by atoms with E-state index < -0.39 is 29.6 Å². The molecule has 138 valence electrons. The van der Waals surface area contributed by atoms with Crippen molar-refractivity contribution in [1.82, 2.24) is 4.90 Å². The highest BCUT2D eigenvalue weighted by atomic mass is 16.5. The molecule has 1 saturated heterocycles. The number of benzene rings is 1. The van der Waals surface area contributed by atoms with E-state index in [1.807, 2.05) is 30.3 Å². The first-order valence-corrected chi connectivity index (χ1v) is 8.70. The molecule has 1 aromatic rings. The van der Waals surface area contributed by atoms with Crippen molar-refractivity contribution in [3.05, 3.63) is 60.4 Å². The molecule has 26 heavy (non-hydrogen) atoms. The van der Waals surface area contributed by atoms with E-state index in [0.29, 0.717) is 19.4 Å². The smallest absolute Gasteiger partial charge is 0.336 e. The number of ether oxygens (including phenoxy) is 2.